The standard InChI is InChI=1S/C8H9BrO2/c1-6(10-2)8-7(5-9)3-4-11-8/h3-4H,1,5H2,2H3. The van der Waals surface area contributed by atoms with Crippen LogP contribution in [0.2, 0.25) is 0 Å². The molecule has 0 saturated heterocycles. The monoisotopic (exact) mass is 216 g/mol. The molecule has 3 heteroatoms. The van der Waals surface area contributed by atoms with Gasteiger partial charge in [0.25, 0.3) is 0 Å². The number of halogens is 1. The Bertz CT molecular complexity index is 252. The molecule has 0 aliphatic carbocycles. The number of hydrogen-bond acceptors (Lipinski definition) is 2. The van der Waals surface area contributed by atoms with E-state index in [0.717, 1.165) is 10.9 Å². The molecule has 0 saturated carbocycles. The van der Waals surface area contributed by atoms with Crippen LogP contribution in [0.5, 0.6) is 0 Å². The second kappa shape index (κ2) is 3.62. The molecule has 11 heavy (non-hydrogen) atoms. The molecule has 0 aliphatic rings. The molecule has 1 rings (SSSR count). The van der Waals surface area contributed by atoms with E-state index >= 15 is 0 Å². The van der Waals surface area contributed by atoms with Crippen molar-refractivity contribution >= 4 is 21.7 Å². The number of ether oxygens (including phenoxy) is 1. The third-order valence-corrected chi connectivity index (χ3v) is 1.99. The molecule has 0 atom stereocenters. The van der Waals surface area contributed by atoms with E-state index in [1.807, 2.05) is 6.07 Å². The molecule has 0 unspecified atom stereocenters. The average molecular weight is 217 g/mol. The average Bonchev–Trinajstić information content (AvgIpc) is 2.50. The lowest BCUT2D eigenvalue weighted by Gasteiger charge is -2.00. The van der Waals surface area contributed by atoms with Gasteiger partial charge in [0.05, 0.1) is 13.4 Å². The van der Waals surface area contributed by atoms with Crippen LogP contribution in [0.25, 0.3) is 5.76 Å². The lowest BCUT2D eigenvalue weighted by Crippen LogP contribution is -1.86. The molecule has 0 aliphatic heterocycles. The highest BCUT2D eigenvalue weighted by atomic mass is 79.9. The summed E-state index contributed by atoms with van der Waals surface area (Å²) in [6.45, 7) is 3.69. The molecule has 2 nitrogen and oxygen atoms in total. The van der Waals surface area contributed by atoms with E-state index in [1.165, 1.54) is 0 Å². The molecule has 0 bridgehead atoms. The van der Waals surface area contributed by atoms with Gasteiger partial charge in [-0.1, -0.05) is 22.5 Å². The zero-order valence-electron chi connectivity index (χ0n) is 6.26. The summed E-state index contributed by atoms with van der Waals surface area (Å²) in [6.07, 6.45) is 1.62. The number of methoxy groups -OCH3 is 1. The Labute approximate surface area is 74.0 Å². The number of hydrogen-bond donors (Lipinski definition) is 0. The number of alkyl halides is 1. The lowest BCUT2D eigenvalue weighted by atomic mass is 10.2. The maximum atomic E-state index is 5.15. The lowest BCUT2D eigenvalue weighted by molar-refractivity contribution is 0.353. The molecular formula is C8H9BrO2. The first kappa shape index (κ1) is 8.40. The molecule has 1 heterocycles. The largest absolute Gasteiger partial charge is 0.493 e. The summed E-state index contributed by atoms with van der Waals surface area (Å²) in [5.74, 6) is 1.27. The summed E-state index contributed by atoms with van der Waals surface area (Å²) in [6, 6.07) is 1.88. The van der Waals surface area contributed by atoms with Crippen molar-refractivity contribution in [2.75, 3.05) is 7.11 Å². The number of rotatable bonds is 3. The van der Waals surface area contributed by atoms with Crippen molar-refractivity contribution < 1.29 is 9.15 Å². The van der Waals surface area contributed by atoms with Gasteiger partial charge in [0.1, 0.15) is 0 Å². The smallest absolute Gasteiger partial charge is 0.171 e. The first-order valence-corrected chi connectivity index (χ1v) is 4.27. The first-order valence-electron chi connectivity index (χ1n) is 3.15. The summed E-state index contributed by atoms with van der Waals surface area (Å²) >= 11 is 3.33. The Hall–Kier alpha value is -0.700. The fourth-order valence-electron chi connectivity index (χ4n) is 0.778. The summed E-state index contributed by atoms with van der Waals surface area (Å²) in [4.78, 5) is 0. The van der Waals surface area contributed by atoms with Crippen molar-refractivity contribution in [1.82, 2.24) is 0 Å². The maximum Gasteiger partial charge on any atom is 0.171 e. The minimum atomic E-state index is 0.560. The quantitative estimate of drug-likeness (QED) is 0.573. The van der Waals surface area contributed by atoms with Gasteiger partial charge in [0, 0.05) is 10.9 Å². The van der Waals surface area contributed by atoms with E-state index in [0.29, 0.717) is 11.5 Å². The van der Waals surface area contributed by atoms with E-state index in [-0.39, 0.29) is 0 Å². The van der Waals surface area contributed by atoms with Gasteiger partial charge in [-0.2, -0.15) is 0 Å². The minimum Gasteiger partial charge on any atom is -0.493 e. The Kier molecular flexibility index (Phi) is 2.76. The Morgan fingerprint density at radius 1 is 1.82 bits per heavy atom. The van der Waals surface area contributed by atoms with Crippen molar-refractivity contribution in [1.29, 1.82) is 0 Å². The third kappa shape index (κ3) is 1.66. The van der Waals surface area contributed by atoms with Crippen LogP contribution in [-0.4, -0.2) is 7.11 Å². The Morgan fingerprint density at radius 2 is 2.55 bits per heavy atom. The van der Waals surface area contributed by atoms with Crippen molar-refractivity contribution in [3.63, 3.8) is 0 Å². The highest BCUT2D eigenvalue weighted by Gasteiger charge is 2.07. The SMILES string of the molecule is C=C(OC)c1occc1CBr. The Balaban J connectivity index is 2.92. The van der Waals surface area contributed by atoms with E-state index in [4.69, 9.17) is 9.15 Å². The molecule has 0 spiro atoms. The predicted molar refractivity (Wildman–Crippen MR) is 47.4 cm³/mol. The van der Waals surface area contributed by atoms with Gasteiger partial charge in [-0.05, 0) is 6.07 Å². The van der Waals surface area contributed by atoms with Crippen LogP contribution < -0.4 is 0 Å². The van der Waals surface area contributed by atoms with Crippen LogP contribution in [0.15, 0.2) is 23.3 Å². The van der Waals surface area contributed by atoms with Crippen LogP contribution in [0, 0.1) is 0 Å². The summed E-state index contributed by atoms with van der Waals surface area (Å²) in [5, 5.41) is 0.751. The maximum absolute atomic E-state index is 5.15. The summed E-state index contributed by atoms with van der Waals surface area (Å²) < 4.78 is 10.1. The normalized spacial score (nSPS) is 9.64. The second-order valence-corrected chi connectivity index (χ2v) is 2.60. The van der Waals surface area contributed by atoms with Gasteiger partial charge in [0.2, 0.25) is 0 Å². The molecule has 0 fully saturated rings. The fourth-order valence-corrected chi connectivity index (χ4v) is 1.22. The van der Waals surface area contributed by atoms with Crippen molar-refractivity contribution in [2.24, 2.45) is 0 Å². The highest BCUT2D eigenvalue weighted by Crippen LogP contribution is 2.21. The second-order valence-electron chi connectivity index (χ2n) is 2.04. The molecule has 0 radical (unpaired) electrons. The molecule has 0 aromatic carbocycles. The van der Waals surface area contributed by atoms with Gasteiger partial charge in [0.15, 0.2) is 11.5 Å². The van der Waals surface area contributed by atoms with Crippen LogP contribution in [0.4, 0.5) is 0 Å². The molecule has 0 amide bonds. The first-order chi connectivity index (χ1) is 5.29. The van der Waals surface area contributed by atoms with Crippen LogP contribution >= 0.6 is 15.9 Å². The van der Waals surface area contributed by atoms with Crippen molar-refractivity contribution in [2.45, 2.75) is 5.33 Å². The van der Waals surface area contributed by atoms with E-state index in [1.54, 1.807) is 13.4 Å². The van der Waals surface area contributed by atoms with Crippen molar-refractivity contribution in [3.8, 4) is 0 Å². The van der Waals surface area contributed by atoms with Gasteiger partial charge >= 0.3 is 0 Å². The summed E-state index contributed by atoms with van der Waals surface area (Å²) in [5.41, 5.74) is 1.05. The Morgan fingerprint density at radius 3 is 3.09 bits per heavy atom. The topological polar surface area (TPSA) is 22.4 Å². The van der Waals surface area contributed by atoms with Gasteiger partial charge in [-0.25, -0.2) is 0 Å². The highest BCUT2D eigenvalue weighted by molar-refractivity contribution is 9.08. The zero-order chi connectivity index (χ0) is 8.27. The molecule has 1 aromatic heterocycles. The van der Waals surface area contributed by atoms with Crippen LogP contribution in [0.1, 0.15) is 11.3 Å². The van der Waals surface area contributed by atoms with Crippen molar-refractivity contribution in [3.05, 3.63) is 30.2 Å². The van der Waals surface area contributed by atoms with Crippen LogP contribution in [0.3, 0.4) is 0 Å². The van der Waals surface area contributed by atoms with Crippen LogP contribution in [-0.2, 0) is 10.1 Å². The zero-order valence-corrected chi connectivity index (χ0v) is 7.85. The molecule has 0 N–H and O–H groups in total. The summed E-state index contributed by atoms with van der Waals surface area (Å²) in [7, 11) is 1.57. The molecule has 1 aromatic rings. The van der Waals surface area contributed by atoms with E-state index in [9.17, 15) is 0 Å². The predicted octanol–water partition coefficient (Wildman–Crippen LogP) is 2.79. The molecule has 60 valence electrons. The fraction of sp³-hybridized carbons (Fsp3) is 0.250. The minimum absolute atomic E-state index is 0.560. The van der Waals surface area contributed by atoms with E-state index < -0.39 is 0 Å². The molecular weight excluding hydrogens is 208 g/mol. The van der Waals surface area contributed by atoms with Gasteiger partial charge in [-0.15, -0.1) is 0 Å². The number of furan rings is 1. The van der Waals surface area contributed by atoms with Gasteiger partial charge in [-0.3, -0.25) is 0 Å². The third-order valence-electron chi connectivity index (χ3n) is 1.39. The van der Waals surface area contributed by atoms with E-state index in [2.05, 4.69) is 22.5 Å². The van der Waals surface area contributed by atoms with Gasteiger partial charge < -0.3 is 9.15 Å².